The second-order valence-corrected chi connectivity index (χ2v) is 10.3. The average Bonchev–Trinajstić information content (AvgIpc) is 3.30. The third-order valence-corrected chi connectivity index (χ3v) is 7.66. The number of fused-ring (bicyclic) bond motifs is 1. The van der Waals surface area contributed by atoms with Gasteiger partial charge in [0.15, 0.2) is 4.80 Å². The fourth-order valence-electron chi connectivity index (χ4n) is 4.68. The molecule has 0 N–H and O–H groups in total. The van der Waals surface area contributed by atoms with Gasteiger partial charge in [-0.2, -0.15) is 0 Å². The van der Waals surface area contributed by atoms with Gasteiger partial charge in [0.05, 0.1) is 36.6 Å². The van der Waals surface area contributed by atoms with E-state index in [-0.39, 0.29) is 17.7 Å². The van der Waals surface area contributed by atoms with Gasteiger partial charge in [-0.05, 0) is 55.3 Å². The van der Waals surface area contributed by atoms with Crippen molar-refractivity contribution >= 4 is 23.4 Å². The van der Waals surface area contributed by atoms with E-state index < -0.39 is 12.0 Å². The Balaban J connectivity index is 1.55. The Morgan fingerprint density at radius 2 is 1.73 bits per heavy atom. The van der Waals surface area contributed by atoms with E-state index in [9.17, 15) is 9.59 Å². The summed E-state index contributed by atoms with van der Waals surface area (Å²) in [4.78, 5) is 32.2. The maximum atomic E-state index is 13.9. The van der Waals surface area contributed by atoms with Gasteiger partial charge in [0.2, 0.25) is 0 Å². The number of carbonyl (C=O) groups is 1. The topological polar surface area (TPSA) is 88.4 Å². The molecule has 0 saturated carbocycles. The molecule has 1 aliphatic rings. The van der Waals surface area contributed by atoms with Crippen molar-refractivity contribution in [2.24, 2.45) is 4.99 Å². The van der Waals surface area contributed by atoms with E-state index in [2.05, 4.69) is 4.99 Å². The molecule has 0 aliphatic carbocycles. The first kappa shape index (κ1) is 27.9. The molecule has 0 bridgehead atoms. The van der Waals surface area contributed by atoms with E-state index >= 15 is 0 Å². The molecule has 0 spiro atoms. The normalized spacial score (nSPS) is 14.7. The molecule has 5 rings (SSSR count). The minimum absolute atomic E-state index is 0.192. The van der Waals surface area contributed by atoms with Crippen molar-refractivity contribution in [2.75, 3.05) is 20.8 Å². The van der Waals surface area contributed by atoms with Crippen LogP contribution in [0.25, 0.3) is 6.08 Å². The lowest BCUT2D eigenvalue weighted by molar-refractivity contribution is -0.139. The number of hydrogen-bond donors (Lipinski definition) is 0. The highest BCUT2D eigenvalue weighted by atomic mass is 32.1. The van der Waals surface area contributed by atoms with Crippen molar-refractivity contribution in [3.8, 4) is 17.2 Å². The van der Waals surface area contributed by atoms with Gasteiger partial charge in [-0.1, -0.05) is 53.8 Å². The summed E-state index contributed by atoms with van der Waals surface area (Å²) >= 11 is 1.26. The minimum Gasteiger partial charge on any atom is -0.497 e. The molecule has 1 aromatic heterocycles. The van der Waals surface area contributed by atoms with Gasteiger partial charge in [0, 0.05) is 11.6 Å². The van der Waals surface area contributed by atoms with E-state index in [1.807, 2.05) is 60.7 Å². The summed E-state index contributed by atoms with van der Waals surface area (Å²) in [5, 5.41) is 0. The summed E-state index contributed by atoms with van der Waals surface area (Å²) in [6.07, 6.45) is 1.82. The molecule has 210 valence electrons. The molecule has 8 nitrogen and oxygen atoms in total. The van der Waals surface area contributed by atoms with Crippen LogP contribution in [0.5, 0.6) is 17.2 Å². The van der Waals surface area contributed by atoms with E-state index in [1.54, 1.807) is 39.2 Å². The number of allylic oxidation sites excluding steroid dienone is 1. The lowest BCUT2D eigenvalue weighted by Crippen LogP contribution is -2.40. The predicted molar refractivity (Wildman–Crippen MR) is 157 cm³/mol. The lowest BCUT2D eigenvalue weighted by Gasteiger charge is -2.26. The summed E-state index contributed by atoms with van der Waals surface area (Å²) in [7, 11) is 3.10. The molecule has 1 unspecified atom stereocenters. The molecular formula is C32H30N2O6S. The maximum absolute atomic E-state index is 13.9. The van der Waals surface area contributed by atoms with Crippen molar-refractivity contribution in [1.82, 2.24) is 4.57 Å². The third kappa shape index (κ3) is 5.81. The summed E-state index contributed by atoms with van der Waals surface area (Å²) in [5.41, 5.74) is 3.04. The maximum Gasteiger partial charge on any atom is 0.338 e. The predicted octanol–water partition coefficient (Wildman–Crippen LogP) is 4.39. The molecule has 0 saturated heterocycles. The molecule has 0 amide bonds. The smallest absolute Gasteiger partial charge is 0.338 e. The van der Waals surface area contributed by atoms with Crippen LogP contribution in [-0.2, 0) is 16.1 Å². The van der Waals surface area contributed by atoms with Crippen LogP contribution in [0.2, 0.25) is 0 Å². The van der Waals surface area contributed by atoms with Crippen LogP contribution >= 0.6 is 11.3 Å². The van der Waals surface area contributed by atoms with E-state index in [4.69, 9.17) is 18.9 Å². The van der Waals surface area contributed by atoms with Crippen LogP contribution < -0.4 is 29.1 Å². The van der Waals surface area contributed by atoms with Crippen LogP contribution in [0.1, 0.15) is 36.6 Å². The van der Waals surface area contributed by atoms with Crippen LogP contribution in [-0.4, -0.2) is 31.4 Å². The molecule has 0 fully saturated rings. The quantitative estimate of drug-likeness (QED) is 0.277. The van der Waals surface area contributed by atoms with Crippen molar-refractivity contribution in [3.63, 3.8) is 0 Å². The Bertz CT molecular complexity index is 1770. The zero-order valence-electron chi connectivity index (χ0n) is 23.2. The lowest BCUT2D eigenvalue weighted by atomic mass is 9.95. The van der Waals surface area contributed by atoms with E-state index in [0.29, 0.717) is 38.7 Å². The molecule has 2 heterocycles. The van der Waals surface area contributed by atoms with E-state index in [0.717, 1.165) is 16.9 Å². The highest BCUT2D eigenvalue weighted by Crippen LogP contribution is 2.37. The van der Waals surface area contributed by atoms with Crippen LogP contribution in [0, 0.1) is 0 Å². The van der Waals surface area contributed by atoms with Gasteiger partial charge in [-0.15, -0.1) is 0 Å². The van der Waals surface area contributed by atoms with Gasteiger partial charge in [-0.25, -0.2) is 9.79 Å². The number of benzene rings is 3. The molecule has 1 aliphatic heterocycles. The van der Waals surface area contributed by atoms with Crippen LogP contribution in [0.3, 0.4) is 0 Å². The SMILES string of the molecule is CCOC(=O)C1=C(C)N=c2sc(=Cc3ccc(OCc4ccccc4)cc3)c(=O)n2C1c1ccc(OC)cc1OC. The molecule has 41 heavy (non-hydrogen) atoms. The van der Waals surface area contributed by atoms with Crippen molar-refractivity contribution < 1.29 is 23.7 Å². The number of nitrogens with zero attached hydrogens (tertiary/aromatic N) is 2. The van der Waals surface area contributed by atoms with Crippen molar-refractivity contribution in [1.29, 1.82) is 0 Å². The number of rotatable bonds is 9. The molecule has 9 heteroatoms. The highest BCUT2D eigenvalue weighted by molar-refractivity contribution is 7.07. The van der Waals surface area contributed by atoms with Crippen LogP contribution in [0.15, 0.2) is 93.9 Å². The van der Waals surface area contributed by atoms with Gasteiger partial charge >= 0.3 is 5.97 Å². The standard InChI is InChI=1S/C32H30N2O6S/c1-5-39-31(36)28-20(2)33-32-34(29(28)25-16-15-24(37-3)18-26(25)38-4)30(35)27(41-32)17-21-11-13-23(14-12-21)40-19-22-9-7-6-8-10-22/h6-18,29H,5,19H2,1-4H3. The number of esters is 1. The molecular weight excluding hydrogens is 540 g/mol. The largest absolute Gasteiger partial charge is 0.497 e. The Morgan fingerprint density at radius 3 is 2.41 bits per heavy atom. The third-order valence-electron chi connectivity index (χ3n) is 6.68. The first-order chi connectivity index (χ1) is 19.9. The Morgan fingerprint density at radius 1 is 1.00 bits per heavy atom. The second kappa shape index (κ2) is 12.3. The molecule has 0 radical (unpaired) electrons. The van der Waals surface area contributed by atoms with Crippen molar-refractivity contribution in [3.05, 3.63) is 120 Å². The second-order valence-electron chi connectivity index (χ2n) is 9.25. The monoisotopic (exact) mass is 570 g/mol. The zero-order chi connectivity index (χ0) is 28.9. The summed E-state index contributed by atoms with van der Waals surface area (Å²) in [6, 6.07) is 22.0. The summed E-state index contributed by atoms with van der Waals surface area (Å²) in [6.45, 7) is 4.15. The first-order valence-corrected chi connectivity index (χ1v) is 13.9. The Labute approximate surface area is 241 Å². The van der Waals surface area contributed by atoms with Gasteiger partial charge in [-0.3, -0.25) is 9.36 Å². The van der Waals surface area contributed by atoms with Gasteiger partial charge < -0.3 is 18.9 Å². The van der Waals surface area contributed by atoms with Gasteiger partial charge in [0.25, 0.3) is 5.56 Å². The average molecular weight is 571 g/mol. The molecule has 3 aromatic carbocycles. The fourth-order valence-corrected chi connectivity index (χ4v) is 5.73. The Kier molecular flexibility index (Phi) is 8.35. The van der Waals surface area contributed by atoms with Crippen LogP contribution in [0.4, 0.5) is 0 Å². The number of methoxy groups -OCH3 is 2. The number of carbonyl (C=O) groups excluding carboxylic acids is 1. The number of thiazole rings is 1. The number of hydrogen-bond acceptors (Lipinski definition) is 8. The minimum atomic E-state index is -0.790. The summed E-state index contributed by atoms with van der Waals surface area (Å²) in [5.74, 6) is 1.27. The highest BCUT2D eigenvalue weighted by Gasteiger charge is 2.35. The number of ether oxygens (including phenoxy) is 4. The van der Waals surface area contributed by atoms with Gasteiger partial charge in [0.1, 0.15) is 29.9 Å². The molecule has 1 atom stereocenters. The first-order valence-electron chi connectivity index (χ1n) is 13.1. The number of aromatic nitrogens is 1. The zero-order valence-corrected chi connectivity index (χ0v) is 24.1. The summed E-state index contributed by atoms with van der Waals surface area (Å²) < 4.78 is 24.3. The fraction of sp³-hybridized carbons (Fsp3) is 0.219. The van der Waals surface area contributed by atoms with Crippen molar-refractivity contribution in [2.45, 2.75) is 26.5 Å². The Hall–Kier alpha value is -4.63. The van der Waals surface area contributed by atoms with E-state index in [1.165, 1.54) is 23.0 Å². The molecule has 4 aromatic rings.